The van der Waals surface area contributed by atoms with Gasteiger partial charge < -0.3 is 4.52 Å². The first-order valence-corrected chi connectivity index (χ1v) is 11.6. The molecule has 2 fully saturated rings. The van der Waals surface area contributed by atoms with Gasteiger partial charge in [-0.25, -0.2) is 4.79 Å². The van der Waals surface area contributed by atoms with Crippen molar-refractivity contribution in [2.24, 2.45) is 0 Å². The van der Waals surface area contributed by atoms with Gasteiger partial charge in [-0.1, -0.05) is 56.2 Å². The number of carbonyl (C=O) groups is 1. The number of hydrogen-bond acceptors (Lipinski definition) is 4. The molecule has 0 atom stereocenters. The molecule has 0 aliphatic heterocycles. The number of carbonyl (C=O) groups excluding carboxylic acids is 1. The maximum atomic E-state index is 12.9. The van der Waals surface area contributed by atoms with Crippen LogP contribution in [0.4, 0.5) is 0 Å². The van der Waals surface area contributed by atoms with Crippen LogP contribution >= 0.6 is 8.60 Å². The van der Waals surface area contributed by atoms with Gasteiger partial charge in [-0.3, -0.25) is 9.05 Å². The van der Waals surface area contributed by atoms with E-state index in [9.17, 15) is 4.79 Å². The van der Waals surface area contributed by atoms with Crippen LogP contribution in [0.5, 0.6) is 0 Å². The van der Waals surface area contributed by atoms with Crippen LogP contribution in [-0.4, -0.2) is 18.2 Å². The minimum atomic E-state index is -1.65. The molecule has 1 aromatic carbocycles. The summed E-state index contributed by atoms with van der Waals surface area (Å²) in [5.74, 6) is -0.317. The van der Waals surface area contributed by atoms with Gasteiger partial charge in [0.25, 0.3) is 0 Å². The normalized spacial score (nSPS) is 19.4. The van der Waals surface area contributed by atoms with Crippen LogP contribution in [0.1, 0.15) is 91.3 Å². The smallest absolute Gasteiger partial charge is 0.390 e. The van der Waals surface area contributed by atoms with Gasteiger partial charge in [-0.05, 0) is 57.6 Å². The minimum absolute atomic E-state index is 0.154. The van der Waals surface area contributed by atoms with Crippen LogP contribution < -0.4 is 0 Å². The number of aryl methyl sites for hydroxylation is 3. The summed E-state index contributed by atoms with van der Waals surface area (Å²) in [7, 11) is -1.65. The molecule has 0 bridgehead atoms. The first-order valence-electron chi connectivity index (χ1n) is 10.5. The average molecular weight is 392 g/mol. The van der Waals surface area contributed by atoms with E-state index in [1.807, 2.05) is 32.9 Å². The fourth-order valence-corrected chi connectivity index (χ4v) is 5.54. The molecule has 1 aromatic rings. The summed E-state index contributed by atoms with van der Waals surface area (Å²) in [6, 6.07) is 4.05. The second-order valence-corrected chi connectivity index (χ2v) is 9.16. The molecule has 27 heavy (non-hydrogen) atoms. The highest BCUT2D eigenvalue weighted by Gasteiger charge is 2.30. The molecule has 150 valence electrons. The number of hydrogen-bond donors (Lipinski definition) is 0. The maximum absolute atomic E-state index is 12.9. The molecule has 0 saturated heterocycles. The quantitative estimate of drug-likeness (QED) is 0.506. The first-order chi connectivity index (χ1) is 13.0. The highest BCUT2D eigenvalue weighted by Crippen LogP contribution is 2.47. The van der Waals surface area contributed by atoms with Crippen molar-refractivity contribution in [3.05, 3.63) is 34.4 Å². The Morgan fingerprint density at radius 3 is 1.70 bits per heavy atom. The third kappa shape index (κ3) is 6.01. The average Bonchev–Trinajstić information content (AvgIpc) is 2.62. The highest BCUT2D eigenvalue weighted by atomic mass is 31.2. The maximum Gasteiger partial charge on any atom is 0.400 e. The SMILES string of the molecule is Cc1cc(C)c(C(=O)OP(OC2CCCCC2)OC2CCCCC2)c(C)c1. The van der Waals surface area contributed by atoms with E-state index in [0.717, 1.165) is 42.4 Å². The van der Waals surface area contributed by atoms with E-state index in [1.54, 1.807) is 0 Å². The van der Waals surface area contributed by atoms with Crippen molar-refractivity contribution in [1.82, 2.24) is 0 Å². The van der Waals surface area contributed by atoms with Gasteiger partial charge in [0.05, 0.1) is 17.8 Å². The van der Waals surface area contributed by atoms with Crippen LogP contribution in [0, 0.1) is 20.8 Å². The molecule has 0 amide bonds. The Kier molecular flexibility index (Phi) is 7.69. The molecule has 2 aliphatic rings. The highest BCUT2D eigenvalue weighted by molar-refractivity contribution is 7.42. The van der Waals surface area contributed by atoms with E-state index < -0.39 is 8.60 Å². The summed E-state index contributed by atoms with van der Waals surface area (Å²) in [4.78, 5) is 12.9. The van der Waals surface area contributed by atoms with Crippen molar-refractivity contribution < 1.29 is 18.4 Å². The summed E-state index contributed by atoms with van der Waals surface area (Å²) in [5, 5.41) is 0. The van der Waals surface area contributed by atoms with Crippen molar-refractivity contribution >= 4 is 14.6 Å². The lowest BCUT2D eigenvalue weighted by Gasteiger charge is -2.29. The van der Waals surface area contributed by atoms with Crippen LogP contribution in [0.25, 0.3) is 0 Å². The van der Waals surface area contributed by atoms with Crippen molar-refractivity contribution in [1.29, 1.82) is 0 Å². The van der Waals surface area contributed by atoms with Gasteiger partial charge in [0.1, 0.15) is 0 Å². The third-order valence-electron chi connectivity index (χ3n) is 5.61. The Balaban J connectivity index is 1.70. The van der Waals surface area contributed by atoms with Gasteiger partial charge in [0, 0.05) is 0 Å². The van der Waals surface area contributed by atoms with E-state index in [2.05, 4.69) is 0 Å². The molecule has 0 radical (unpaired) electrons. The lowest BCUT2D eigenvalue weighted by molar-refractivity contribution is 0.0469. The Bertz CT molecular complexity index is 590. The lowest BCUT2D eigenvalue weighted by Crippen LogP contribution is -2.20. The van der Waals surface area contributed by atoms with Crippen LogP contribution in [0.2, 0.25) is 0 Å². The fraction of sp³-hybridized carbons (Fsp3) is 0.682. The predicted octanol–water partition coefficient (Wildman–Crippen LogP) is 6.69. The Labute approximate surface area is 165 Å². The molecule has 0 unspecified atom stereocenters. The zero-order valence-electron chi connectivity index (χ0n) is 17.0. The van der Waals surface area contributed by atoms with Crippen LogP contribution in [0.15, 0.2) is 12.1 Å². The van der Waals surface area contributed by atoms with Gasteiger partial charge in [-0.2, -0.15) is 0 Å². The second kappa shape index (κ2) is 10.0. The van der Waals surface area contributed by atoms with Crippen molar-refractivity contribution in [2.45, 2.75) is 97.2 Å². The van der Waals surface area contributed by atoms with Crippen LogP contribution in [-0.2, 0) is 13.6 Å². The molecule has 2 aliphatic carbocycles. The fourth-order valence-electron chi connectivity index (χ4n) is 4.27. The van der Waals surface area contributed by atoms with Gasteiger partial charge in [0.15, 0.2) is 0 Å². The Morgan fingerprint density at radius 1 is 0.815 bits per heavy atom. The van der Waals surface area contributed by atoms with Crippen molar-refractivity contribution in [2.75, 3.05) is 0 Å². The molecular weight excluding hydrogens is 359 g/mol. The zero-order chi connectivity index (χ0) is 19.2. The summed E-state index contributed by atoms with van der Waals surface area (Å²) in [5.41, 5.74) is 3.69. The van der Waals surface area contributed by atoms with Gasteiger partial charge in [0.2, 0.25) is 0 Å². The molecule has 0 spiro atoms. The monoisotopic (exact) mass is 392 g/mol. The Morgan fingerprint density at radius 2 is 1.26 bits per heavy atom. The van der Waals surface area contributed by atoms with Gasteiger partial charge in [-0.15, -0.1) is 0 Å². The third-order valence-corrected chi connectivity index (χ3v) is 6.87. The Hall–Kier alpha value is -0.960. The zero-order valence-corrected chi connectivity index (χ0v) is 17.9. The van der Waals surface area contributed by atoms with E-state index in [1.165, 1.54) is 38.5 Å². The first kappa shape index (κ1) is 20.8. The standard InChI is InChI=1S/C22H33O4P/c1-16-14-17(2)21(18(3)15-16)22(23)26-27(24-19-10-6-4-7-11-19)25-20-12-8-5-9-13-20/h14-15,19-20H,4-13H2,1-3H3. The molecule has 2 saturated carbocycles. The molecule has 0 aromatic heterocycles. The molecule has 5 heteroatoms. The number of rotatable bonds is 6. The summed E-state index contributed by atoms with van der Waals surface area (Å²) in [6.45, 7) is 5.96. The van der Waals surface area contributed by atoms with E-state index in [-0.39, 0.29) is 18.2 Å². The minimum Gasteiger partial charge on any atom is -0.390 e. The summed E-state index contributed by atoms with van der Waals surface area (Å²) >= 11 is 0. The molecule has 3 rings (SSSR count). The van der Waals surface area contributed by atoms with E-state index in [4.69, 9.17) is 13.6 Å². The molecule has 4 nitrogen and oxygen atoms in total. The second-order valence-electron chi connectivity index (χ2n) is 8.11. The lowest BCUT2D eigenvalue weighted by atomic mass is 9.98. The summed E-state index contributed by atoms with van der Waals surface area (Å²) in [6.07, 6.45) is 11.7. The topological polar surface area (TPSA) is 44.8 Å². The molecule has 0 N–H and O–H groups in total. The van der Waals surface area contributed by atoms with Crippen molar-refractivity contribution in [3.8, 4) is 0 Å². The number of benzene rings is 1. The van der Waals surface area contributed by atoms with Crippen molar-refractivity contribution in [3.63, 3.8) is 0 Å². The largest absolute Gasteiger partial charge is 0.400 e. The summed E-state index contributed by atoms with van der Waals surface area (Å²) < 4.78 is 18.2. The van der Waals surface area contributed by atoms with E-state index in [0.29, 0.717) is 5.56 Å². The van der Waals surface area contributed by atoms with E-state index >= 15 is 0 Å². The molecule has 0 heterocycles. The predicted molar refractivity (Wildman–Crippen MR) is 109 cm³/mol. The van der Waals surface area contributed by atoms with Crippen LogP contribution in [0.3, 0.4) is 0 Å². The molecular formula is C22H33O4P. The van der Waals surface area contributed by atoms with Gasteiger partial charge >= 0.3 is 14.6 Å².